The molecule has 1 rings (SSSR count). The standard InChI is InChI=1S/C10H15N3/c1-8(2)10(12)9-3-5-13(7-9)6-4-11/h3,5,7-8,10H,6,12H2,1-2H3. The van der Waals surface area contributed by atoms with E-state index in [0.717, 1.165) is 5.56 Å². The molecule has 0 aliphatic rings. The second-order valence-electron chi connectivity index (χ2n) is 3.55. The zero-order chi connectivity index (χ0) is 9.84. The van der Waals surface area contributed by atoms with E-state index in [1.54, 1.807) is 0 Å². The van der Waals surface area contributed by atoms with Crippen molar-refractivity contribution in [2.75, 3.05) is 0 Å². The Balaban J connectivity index is 2.74. The lowest BCUT2D eigenvalue weighted by Crippen LogP contribution is -2.15. The van der Waals surface area contributed by atoms with Gasteiger partial charge in [-0.05, 0) is 17.5 Å². The summed E-state index contributed by atoms with van der Waals surface area (Å²) in [4.78, 5) is 0. The van der Waals surface area contributed by atoms with Gasteiger partial charge in [-0.25, -0.2) is 0 Å². The molecule has 0 aromatic carbocycles. The molecule has 13 heavy (non-hydrogen) atoms. The molecule has 2 N–H and O–H groups in total. The van der Waals surface area contributed by atoms with Crippen LogP contribution in [0, 0.1) is 17.2 Å². The fraction of sp³-hybridized carbons (Fsp3) is 0.500. The van der Waals surface area contributed by atoms with Crippen molar-refractivity contribution in [2.24, 2.45) is 11.7 Å². The highest BCUT2D eigenvalue weighted by atomic mass is 14.9. The molecule has 0 bridgehead atoms. The molecular formula is C10H15N3. The largest absolute Gasteiger partial charge is 0.340 e. The Kier molecular flexibility index (Phi) is 3.10. The molecule has 1 unspecified atom stereocenters. The Hall–Kier alpha value is -1.27. The summed E-state index contributed by atoms with van der Waals surface area (Å²) in [6.07, 6.45) is 3.83. The summed E-state index contributed by atoms with van der Waals surface area (Å²) in [5, 5.41) is 8.47. The summed E-state index contributed by atoms with van der Waals surface area (Å²) in [6.45, 7) is 4.57. The highest BCUT2D eigenvalue weighted by Gasteiger charge is 2.10. The van der Waals surface area contributed by atoms with E-state index >= 15 is 0 Å². The van der Waals surface area contributed by atoms with Crippen LogP contribution < -0.4 is 5.73 Å². The zero-order valence-corrected chi connectivity index (χ0v) is 8.07. The van der Waals surface area contributed by atoms with E-state index in [4.69, 9.17) is 11.0 Å². The minimum Gasteiger partial charge on any atom is -0.340 e. The summed E-state index contributed by atoms with van der Waals surface area (Å²) >= 11 is 0. The van der Waals surface area contributed by atoms with Crippen LogP contribution in [-0.4, -0.2) is 4.57 Å². The number of nitrogens with two attached hydrogens (primary N) is 1. The van der Waals surface area contributed by atoms with Gasteiger partial charge in [0.25, 0.3) is 0 Å². The van der Waals surface area contributed by atoms with Crippen molar-refractivity contribution in [1.82, 2.24) is 4.57 Å². The van der Waals surface area contributed by atoms with Crippen LogP contribution in [0.3, 0.4) is 0 Å². The zero-order valence-electron chi connectivity index (χ0n) is 8.07. The molecule has 0 saturated carbocycles. The third-order valence-electron chi connectivity index (χ3n) is 2.13. The molecule has 3 nitrogen and oxygen atoms in total. The molecule has 1 atom stereocenters. The quantitative estimate of drug-likeness (QED) is 0.763. The van der Waals surface area contributed by atoms with Crippen LogP contribution in [0.15, 0.2) is 18.5 Å². The topological polar surface area (TPSA) is 54.7 Å². The molecule has 3 heteroatoms. The minimum absolute atomic E-state index is 0.0694. The molecule has 0 amide bonds. The second kappa shape index (κ2) is 4.11. The Morgan fingerprint density at radius 3 is 2.85 bits per heavy atom. The van der Waals surface area contributed by atoms with E-state index in [1.807, 2.05) is 23.0 Å². The number of rotatable bonds is 3. The molecule has 1 heterocycles. The van der Waals surface area contributed by atoms with Gasteiger partial charge < -0.3 is 10.3 Å². The van der Waals surface area contributed by atoms with Gasteiger partial charge in [0.05, 0.1) is 6.07 Å². The number of nitriles is 1. The van der Waals surface area contributed by atoms with Gasteiger partial charge in [-0.15, -0.1) is 0 Å². The van der Waals surface area contributed by atoms with E-state index in [9.17, 15) is 0 Å². The first-order valence-corrected chi connectivity index (χ1v) is 4.43. The van der Waals surface area contributed by atoms with Gasteiger partial charge in [0.2, 0.25) is 0 Å². The molecule has 0 aliphatic carbocycles. The smallest absolute Gasteiger partial charge is 0.109 e. The third-order valence-corrected chi connectivity index (χ3v) is 2.13. The van der Waals surface area contributed by atoms with Gasteiger partial charge >= 0.3 is 0 Å². The first-order chi connectivity index (χ1) is 6.15. The first kappa shape index (κ1) is 9.82. The van der Waals surface area contributed by atoms with Crippen molar-refractivity contribution >= 4 is 0 Å². The summed E-state index contributed by atoms with van der Waals surface area (Å²) < 4.78 is 1.84. The van der Waals surface area contributed by atoms with Gasteiger partial charge in [0.1, 0.15) is 6.54 Å². The molecule has 0 aliphatic heterocycles. The molecule has 0 spiro atoms. The van der Waals surface area contributed by atoms with Crippen molar-refractivity contribution in [3.8, 4) is 6.07 Å². The lowest BCUT2D eigenvalue weighted by molar-refractivity contribution is 0.513. The molecule has 1 aromatic rings. The van der Waals surface area contributed by atoms with Crippen LogP contribution in [0.4, 0.5) is 0 Å². The highest BCUT2D eigenvalue weighted by molar-refractivity contribution is 5.15. The molecular weight excluding hydrogens is 162 g/mol. The lowest BCUT2D eigenvalue weighted by atomic mass is 10.00. The second-order valence-corrected chi connectivity index (χ2v) is 3.55. The third kappa shape index (κ3) is 2.33. The van der Waals surface area contributed by atoms with Gasteiger partial charge in [0, 0.05) is 18.4 Å². The monoisotopic (exact) mass is 177 g/mol. The van der Waals surface area contributed by atoms with Crippen molar-refractivity contribution in [3.63, 3.8) is 0 Å². The number of hydrogen-bond acceptors (Lipinski definition) is 2. The maximum Gasteiger partial charge on any atom is 0.109 e. The summed E-state index contributed by atoms with van der Waals surface area (Å²) in [5.41, 5.74) is 7.05. The van der Waals surface area contributed by atoms with Crippen molar-refractivity contribution in [1.29, 1.82) is 5.26 Å². The first-order valence-electron chi connectivity index (χ1n) is 4.43. The van der Waals surface area contributed by atoms with Gasteiger partial charge in [-0.3, -0.25) is 0 Å². The van der Waals surface area contributed by atoms with Crippen LogP contribution >= 0.6 is 0 Å². The molecule has 1 aromatic heterocycles. The highest BCUT2D eigenvalue weighted by Crippen LogP contribution is 2.18. The minimum atomic E-state index is 0.0694. The van der Waals surface area contributed by atoms with Gasteiger partial charge in [0.15, 0.2) is 0 Å². The summed E-state index contributed by atoms with van der Waals surface area (Å²) in [6, 6.07) is 4.13. The Morgan fingerprint density at radius 2 is 2.31 bits per heavy atom. The van der Waals surface area contributed by atoms with Crippen LogP contribution in [0.2, 0.25) is 0 Å². The lowest BCUT2D eigenvalue weighted by Gasteiger charge is -2.13. The summed E-state index contributed by atoms with van der Waals surface area (Å²) in [5.74, 6) is 0.429. The van der Waals surface area contributed by atoms with Crippen LogP contribution in [0.5, 0.6) is 0 Å². The maximum absolute atomic E-state index is 8.47. The molecule has 0 radical (unpaired) electrons. The van der Waals surface area contributed by atoms with Crippen LogP contribution in [0.25, 0.3) is 0 Å². The predicted molar refractivity (Wildman–Crippen MR) is 51.8 cm³/mol. The van der Waals surface area contributed by atoms with Gasteiger partial charge in [-0.1, -0.05) is 13.8 Å². The van der Waals surface area contributed by atoms with E-state index in [1.165, 1.54) is 0 Å². The number of hydrogen-bond donors (Lipinski definition) is 1. The van der Waals surface area contributed by atoms with Crippen molar-refractivity contribution in [2.45, 2.75) is 26.4 Å². The molecule has 70 valence electrons. The Morgan fingerprint density at radius 1 is 1.62 bits per heavy atom. The SMILES string of the molecule is CC(C)C(N)c1ccn(CC#N)c1. The van der Waals surface area contributed by atoms with E-state index in [-0.39, 0.29) is 6.04 Å². The maximum atomic E-state index is 8.47. The fourth-order valence-electron chi connectivity index (χ4n) is 1.22. The fourth-order valence-corrected chi connectivity index (χ4v) is 1.22. The van der Waals surface area contributed by atoms with Crippen LogP contribution in [0.1, 0.15) is 25.5 Å². The average molecular weight is 177 g/mol. The predicted octanol–water partition coefficient (Wildman–Crippen LogP) is 1.67. The summed E-state index contributed by atoms with van der Waals surface area (Å²) in [7, 11) is 0. The van der Waals surface area contributed by atoms with Crippen molar-refractivity contribution in [3.05, 3.63) is 24.0 Å². The molecule has 0 fully saturated rings. The average Bonchev–Trinajstić information content (AvgIpc) is 2.52. The van der Waals surface area contributed by atoms with Crippen molar-refractivity contribution < 1.29 is 0 Å². The van der Waals surface area contributed by atoms with Gasteiger partial charge in [-0.2, -0.15) is 5.26 Å². The normalized spacial score (nSPS) is 12.8. The number of nitrogens with zero attached hydrogens (tertiary/aromatic N) is 2. The van der Waals surface area contributed by atoms with Crippen LogP contribution in [-0.2, 0) is 6.54 Å². The Bertz CT molecular complexity index is 306. The molecule has 0 saturated heterocycles. The van der Waals surface area contributed by atoms with E-state index in [0.29, 0.717) is 12.5 Å². The Labute approximate surface area is 78.8 Å². The van der Waals surface area contributed by atoms with E-state index in [2.05, 4.69) is 19.9 Å². The number of aromatic nitrogens is 1. The van der Waals surface area contributed by atoms with E-state index < -0.39 is 0 Å².